The number of rotatable bonds is 5. The summed E-state index contributed by atoms with van der Waals surface area (Å²) in [5.74, 6) is -0.191. The maximum Gasteiger partial charge on any atom is 0.262 e. The summed E-state index contributed by atoms with van der Waals surface area (Å²) in [6.07, 6.45) is 1.08. The Morgan fingerprint density at radius 3 is 2.50 bits per heavy atom. The molecule has 0 unspecified atom stereocenters. The van der Waals surface area contributed by atoms with E-state index in [2.05, 4.69) is 5.10 Å². The summed E-state index contributed by atoms with van der Waals surface area (Å²) in [5, 5.41) is 8.22. The first kappa shape index (κ1) is 20.3. The molecule has 5 nitrogen and oxygen atoms in total. The van der Waals surface area contributed by atoms with Crippen LogP contribution in [0.1, 0.15) is 50.1 Å². The predicted molar refractivity (Wildman–Crippen MR) is 113 cm³/mol. The largest absolute Gasteiger partial charge is 0.336 e. The number of amides is 2. The van der Waals surface area contributed by atoms with Gasteiger partial charge in [0.15, 0.2) is 0 Å². The first-order valence-electron chi connectivity index (χ1n) is 9.47. The lowest BCUT2D eigenvalue weighted by molar-refractivity contribution is -0.141. The van der Waals surface area contributed by atoms with E-state index in [9.17, 15) is 9.59 Å². The van der Waals surface area contributed by atoms with Gasteiger partial charge in [0.2, 0.25) is 5.91 Å². The fourth-order valence-electron chi connectivity index (χ4n) is 3.22. The van der Waals surface area contributed by atoms with Gasteiger partial charge in [0, 0.05) is 19.9 Å². The minimum atomic E-state index is -0.162. The first-order valence-corrected chi connectivity index (χ1v) is 10.3. The average Bonchev–Trinajstić information content (AvgIpc) is 3.30. The summed E-state index contributed by atoms with van der Waals surface area (Å²) in [7, 11) is 1.68. The number of thiophene rings is 1. The van der Waals surface area contributed by atoms with Crippen molar-refractivity contribution in [2.75, 3.05) is 13.6 Å². The molecular formula is C22H27N3O2S. The Kier molecular flexibility index (Phi) is 5.98. The van der Waals surface area contributed by atoms with Crippen molar-refractivity contribution < 1.29 is 9.59 Å². The van der Waals surface area contributed by atoms with Crippen molar-refractivity contribution in [1.29, 1.82) is 0 Å². The summed E-state index contributed by atoms with van der Waals surface area (Å²) in [6, 6.07) is 13.8. The third-order valence-corrected chi connectivity index (χ3v) is 5.55. The van der Waals surface area contributed by atoms with Gasteiger partial charge in [0.05, 0.1) is 16.6 Å². The van der Waals surface area contributed by atoms with E-state index in [0.717, 1.165) is 16.2 Å². The van der Waals surface area contributed by atoms with Crippen molar-refractivity contribution >= 4 is 28.9 Å². The molecule has 1 aromatic heterocycles. The highest BCUT2D eigenvalue weighted by molar-refractivity contribution is 7.12. The van der Waals surface area contributed by atoms with Crippen LogP contribution in [0.2, 0.25) is 0 Å². The molecule has 1 aromatic carbocycles. The maximum atomic E-state index is 13.1. The molecule has 0 fully saturated rings. The van der Waals surface area contributed by atoms with Crippen molar-refractivity contribution in [2.24, 2.45) is 10.5 Å². The van der Waals surface area contributed by atoms with Crippen molar-refractivity contribution in [3.8, 4) is 0 Å². The van der Waals surface area contributed by atoms with E-state index in [1.54, 1.807) is 23.4 Å². The van der Waals surface area contributed by atoms with Crippen LogP contribution in [0.5, 0.6) is 0 Å². The molecule has 0 N–H and O–H groups in total. The highest BCUT2D eigenvalue weighted by atomic mass is 32.1. The number of benzene rings is 1. The van der Waals surface area contributed by atoms with Crippen molar-refractivity contribution in [1.82, 2.24) is 9.91 Å². The van der Waals surface area contributed by atoms with Gasteiger partial charge in [-0.25, -0.2) is 5.01 Å². The average molecular weight is 398 g/mol. The highest BCUT2D eigenvalue weighted by Crippen LogP contribution is 2.33. The Morgan fingerprint density at radius 2 is 1.89 bits per heavy atom. The molecule has 3 rings (SSSR count). The van der Waals surface area contributed by atoms with Crippen LogP contribution in [0.15, 0.2) is 52.9 Å². The van der Waals surface area contributed by atoms with E-state index >= 15 is 0 Å². The van der Waals surface area contributed by atoms with Crippen LogP contribution >= 0.6 is 11.3 Å². The molecule has 28 heavy (non-hydrogen) atoms. The SMILES string of the molecule is CN(CC(=O)N1N=C(c2cccs2)C[C@H]1c1ccccc1)C(=O)CC(C)(C)C. The molecule has 0 bridgehead atoms. The van der Waals surface area contributed by atoms with Crippen molar-refractivity contribution in [3.63, 3.8) is 0 Å². The van der Waals surface area contributed by atoms with E-state index < -0.39 is 0 Å². The number of nitrogens with zero attached hydrogens (tertiary/aromatic N) is 3. The summed E-state index contributed by atoms with van der Waals surface area (Å²) in [5.41, 5.74) is 1.86. The molecule has 0 saturated carbocycles. The Labute approximate surface area is 170 Å². The van der Waals surface area contributed by atoms with Crippen LogP contribution in [0.25, 0.3) is 0 Å². The van der Waals surface area contributed by atoms with E-state index in [0.29, 0.717) is 12.8 Å². The Hall–Kier alpha value is -2.47. The van der Waals surface area contributed by atoms with E-state index in [-0.39, 0.29) is 29.8 Å². The van der Waals surface area contributed by atoms with Gasteiger partial charge in [-0.2, -0.15) is 5.10 Å². The van der Waals surface area contributed by atoms with Crippen LogP contribution < -0.4 is 0 Å². The van der Waals surface area contributed by atoms with Crippen molar-refractivity contribution in [2.45, 2.75) is 39.7 Å². The topological polar surface area (TPSA) is 53.0 Å². The minimum Gasteiger partial charge on any atom is -0.336 e. The Bertz CT molecular complexity index is 854. The molecular weight excluding hydrogens is 370 g/mol. The summed E-state index contributed by atoms with van der Waals surface area (Å²) < 4.78 is 0. The van der Waals surface area contributed by atoms with E-state index in [4.69, 9.17) is 0 Å². The van der Waals surface area contributed by atoms with Gasteiger partial charge < -0.3 is 4.90 Å². The number of hydrazone groups is 1. The first-order chi connectivity index (χ1) is 13.2. The van der Waals surface area contributed by atoms with Gasteiger partial charge in [-0.3, -0.25) is 9.59 Å². The lowest BCUT2D eigenvalue weighted by Crippen LogP contribution is -2.40. The second-order valence-electron chi connectivity index (χ2n) is 8.38. The fourth-order valence-corrected chi connectivity index (χ4v) is 3.94. The molecule has 1 aliphatic heterocycles. The number of carbonyl (C=O) groups excluding carboxylic acids is 2. The van der Waals surface area contributed by atoms with Crippen LogP contribution in [-0.4, -0.2) is 41.0 Å². The summed E-state index contributed by atoms with van der Waals surface area (Å²) in [4.78, 5) is 28.1. The number of carbonyl (C=O) groups is 2. The fraction of sp³-hybridized carbons (Fsp3) is 0.409. The Morgan fingerprint density at radius 1 is 1.18 bits per heavy atom. The van der Waals surface area contributed by atoms with Crippen LogP contribution in [0.3, 0.4) is 0 Å². The van der Waals surface area contributed by atoms with Crippen molar-refractivity contribution in [3.05, 3.63) is 58.3 Å². The Balaban J connectivity index is 1.79. The van der Waals surface area contributed by atoms with Gasteiger partial charge in [-0.05, 0) is 22.4 Å². The van der Waals surface area contributed by atoms with Gasteiger partial charge >= 0.3 is 0 Å². The molecule has 0 spiro atoms. The van der Waals surface area contributed by atoms with Gasteiger partial charge in [0.1, 0.15) is 6.54 Å². The van der Waals surface area contributed by atoms with E-state index in [1.807, 2.05) is 68.6 Å². The zero-order chi connectivity index (χ0) is 20.3. The van der Waals surface area contributed by atoms with E-state index in [1.165, 1.54) is 4.90 Å². The number of likely N-dealkylation sites (N-methyl/N-ethyl adjacent to an activating group) is 1. The molecule has 2 amide bonds. The zero-order valence-corrected chi connectivity index (χ0v) is 17.7. The van der Waals surface area contributed by atoms with Crippen LogP contribution in [-0.2, 0) is 9.59 Å². The maximum absolute atomic E-state index is 13.1. The zero-order valence-electron chi connectivity index (χ0n) is 16.9. The summed E-state index contributed by atoms with van der Waals surface area (Å²) in [6.45, 7) is 6.08. The standard InChI is InChI=1S/C22H27N3O2S/c1-22(2,3)14-20(26)24(4)15-21(27)25-18(16-9-6-5-7-10-16)13-17(23-25)19-11-8-12-28-19/h5-12,18H,13-15H2,1-4H3/t18-/m0/s1. The minimum absolute atomic E-state index is 0.0272. The number of hydrogen-bond donors (Lipinski definition) is 0. The smallest absolute Gasteiger partial charge is 0.262 e. The monoisotopic (exact) mass is 397 g/mol. The van der Waals surface area contributed by atoms with Gasteiger partial charge in [-0.15, -0.1) is 11.3 Å². The molecule has 1 atom stereocenters. The van der Waals surface area contributed by atoms with Crippen LogP contribution in [0.4, 0.5) is 0 Å². The second kappa shape index (κ2) is 8.27. The second-order valence-corrected chi connectivity index (χ2v) is 9.33. The lowest BCUT2D eigenvalue weighted by atomic mass is 9.92. The third-order valence-electron chi connectivity index (χ3n) is 4.64. The predicted octanol–water partition coefficient (Wildman–Crippen LogP) is 4.32. The molecule has 0 saturated heterocycles. The van der Waals surface area contributed by atoms with Gasteiger partial charge in [-0.1, -0.05) is 57.2 Å². The summed E-state index contributed by atoms with van der Waals surface area (Å²) >= 11 is 1.62. The molecule has 2 heterocycles. The molecule has 2 aromatic rings. The molecule has 6 heteroatoms. The third kappa shape index (κ3) is 4.87. The number of hydrogen-bond acceptors (Lipinski definition) is 4. The van der Waals surface area contributed by atoms with Crippen LogP contribution in [0, 0.1) is 5.41 Å². The molecule has 1 aliphatic rings. The molecule has 0 radical (unpaired) electrons. The highest BCUT2D eigenvalue weighted by Gasteiger charge is 2.34. The normalized spacial score (nSPS) is 16.8. The van der Waals surface area contributed by atoms with Gasteiger partial charge in [0.25, 0.3) is 5.91 Å². The molecule has 148 valence electrons. The molecule has 0 aliphatic carbocycles. The lowest BCUT2D eigenvalue weighted by Gasteiger charge is -2.26. The quantitative estimate of drug-likeness (QED) is 0.754.